The van der Waals surface area contributed by atoms with E-state index in [1.807, 2.05) is 0 Å². The van der Waals surface area contributed by atoms with E-state index in [1.54, 1.807) is 0 Å². The van der Waals surface area contributed by atoms with Gasteiger partial charge in [0.05, 0.1) is 0 Å². The standard InChI is InChI=1S/C6H15B.2CH4O/c1-4-5-6(2,3)7;2*1-2/h4-5,7H2,1-3H3;2*2H,1H3. The largest absolute Gasteiger partial charge is 0.400 e. The maximum Gasteiger partial charge on any atom is 0.108 e. The lowest BCUT2D eigenvalue weighted by atomic mass is 9.70. The van der Waals surface area contributed by atoms with Crippen molar-refractivity contribution in [2.75, 3.05) is 14.2 Å². The summed E-state index contributed by atoms with van der Waals surface area (Å²) in [4.78, 5) is 0. The molecule has 0 spiro atoms. The number of aliphatic hydroxyl groups is 2. The molecule has 0 aromatic heterocycles. The van der Waals surface area contributed by atoms with Crippen molar-refractivity contribution in [2.45, 2.75) is 38.9 Å². The molecule has 0 atom stereocenters. The van der Waals surface area contributed by atoms with Gasteiger partial charge in [0.2, 0.25) is 0 Å². The summed E-state index contributed by atoms with van der Waals surface area (Å²) in [5.41, 5.74) is 0. The maximum atomic E-state index is 7.00. The fourth-order valence-electron chi connectivity index (χ4n) is 0.750. The highest BCUT2D eigenvalue weighted by molar-refractivity contribution is 6.14. The molecule has 0 unspecified atom stereocenters. The van der Waals surface area contributed by atoms with Crippen molar-refractivity contribution in [1.29, 1.82) is 0 Å². The Balaban J connectivity index is -0.000000138. The highest BCUT2D eigenvalue weighted by Gasteiger charge is 2.06. The second-order valence-electron chi connectivity index (χ2n) is 3.31. The van der Waals surface area contributed by atoms with Crippen LogP contribution in [0.3, 0.4) is 0 Å². The van der Waals surface area contributed by atoms with Gasteiger partial charge in [-0.15, -0.1) is 0 Å². The van der Waals surface area contributed by atoms with Gasteiger partial charge < -0.3 is 10.2 Å². The molecule has 0 amide bonds. The van der Waals surface area contributed by atoms with Crippen molar-refractivity contribution >= 4 is 7.85 Å². The van der Waals surface area contributed by atoms with Gasteiger partial charge in [0.25, 0.3) is 0 Å². The summed E-state index contributed by atoms with van der Waals surface area (Å²) in [5, 5.41) is 14.6. The van der Waals surface area contributed by atoms with Crippen LogP contribution >= 0.6 is 0 Å². The summed E-state index contributed by atoms with van der Waals surface area (Å²) in [5.74, 6) is 0. The number of rotatable bonds is 2. The molecule has 0 radical (unpaired) electrons. The van der Waals surface area contributed by atoms with Gasteiger partial charge >= 0.3 is 0 Å². The third-order valence-corrected chi connectivity index (χ3v) is 1.000. The van der Waals surface area contributed by atoms with Crippen molar-refractivity contribution in [2.24, 2.45) is 0 Å². The smallest absolute Gasteiger partial charge is 0.108 e. The average Bonchev–Trinajstić information content (AvgIpc) is 1.94. The van der Waals surface area contributed by atoms with E-state index in [2.05, 4.69) is 28.6 Å². The van der Waals surface area contributed by atoms with Crippen LogP contribution in [0, 0.1) is 0 Å². The lowest BCUT2D eigenvalue weighted by Crippen LogP contribution is -1.99. The van der Waals surface area contributed by atoms with Crippen LogP contribution in [0.1, 0.15) is 33.6 Å². The Hall–Kier alpha value is -0.0151. The van der Waals surface area contributed by atoms with E-state index >= 15 is 0 Å². The first-order valence-corrected chi connectivity index (χ1v) is 3.96. The average molecular weight is 162 g/mol. The Labute approximate surface area is 72.0 Å². The third-order valence-electron chi connectivity index (χ3n) is 1.000. The molecule has 2 nitrogen and oxygen atoms in total. The van der Waals surface area contributed by atoms with E-state index < -0.39 is 0 Å². The normalized spacial score (nSPS) is 8.64. The van der Waals surface area contributed by atoms with E-state index in [0.29, 0.717) is 5.31 Å². The van der Waals surface area contributed by atoms with Crippen molar-refractivity contribution in [3.63, 3.8) is 0 Å². The molecule has 0 aliphatic heterocycles. The van der Waals surface area contributed by atoms with Gasteiger partial charge in [-0.1, -0.05) is 38.9 Å². The predicted molar refractivity (Wildman–Crippen MR) is 53.8 cm³/mol. The van der Waals surface area contributed by atoms with Crippen molar-refractivity contribution in [1.82, 2.24) is 0 Å². The van der Waals surface area contributed by atoms with Gasteiger partial charge in [-0.25, -0.2) is 0 Å². The van der Waals surface area contributed by atoms with E-state index in [4.69, 9.17) is 10.2 Å². The fourth-order valence-corrected chi connectivity index (χ4v) is 0.750. The number of hydrogen-bond donors (Lipinski definition) is 2. The second kappa shape index (κ2) is 12.6. The van der Waals surface area contributed by atoms with Crippen LogP contribution in [0.2, 0.25) is 5.31 Å². The van der Waals surface area contributed by atoms with Crippen molar-refractivity contribution in [3.05, 3.63) is 0 Å². The molecular weight excluding hydrogens is 139 g/mol. The Morgan fingerprint density at radius 3 is 1.36 bits per heavy atom. The van der Waals surface area contributed by atoms with Crippen LogP contribution in [0.15, 0.2) is 0 Å². The predicted octanol–water partition coefficient (Wildman–Crippen LogP) is 0.835. The Kier molecular flexibility index (Phi) is 19.7. The number of hydrogen-bond acceptors (Lipinski definition) is 2. The highest BCUT2D eigenvalue weighted by Crippen LogP contribution is 2.24. The van der Waals surface area contributed by atoms with Crippen LogP contribution in [-0.4, -0.2) is 32.3 Å². The van der Waals surface area contributed by atoms with Gasteiger partial charge in [0.1, 0.15) is 7.85 Å². The quantitative estimate of drug-likeness (QED) is 0.590. The molecule has 0 aromatic carbocycles. The van der Waals surface area contributed by atoms with Gasteiger partial charge in [0, 0.05) is 14.2 Å². The molecule has 0 bridgehead atoms. The molecule has 0 heterocycles. The van der Waals surface area contributed by atoms with Crippen LogP contribution in [0.4, 0.5) is 0 Å². The topological polar surface area (TPSA) is 40.5 Å². The molecule has 2 N–H and O–H groups in total. The van der Waals surface area contributed by atoms with E-state index in [-0.39, 0.29) is 0 Å². The highest BCUT2D eigenvalue weighted by atomic mass is 16.2. The van der Waals surface area contributed by atoms with Crippen LogP contribution in [0.25, 0.3) is 0 Å². The third kappa shape index (κ3) is 40.1. The fraction of sp³-hybridized carbons (Fsp3) is 1.00. The molecule has 0 aliphatic rings. The van der Waals surface area contributed by atoms with Crippen LogP contribution < -0.4 is 0 Å². The minimum Gasteiger partial charge on any atom is -0.400 e. The minimum atomic E-state index is 0.550. The molecular formula is C8H23BO2. The lowest BCUT2D eigenvalue weighted by Gasteiger charge is -2.15. The molecule has 0 fully saturated rings. The summed E-state index contributed by atoms with van der Waals surface area (Å²) in [6.07, 6.45) is 2.65. The molecule has 11 heavy (non-hydrogen) atoms. The monoisotopic (exact) mass is 162 g/mol. The van der Waals surface area contributed by atoms with Crippen LogP contribution in [-0.2, 0) is 0 Å². The van der Waals surface area contributed by atoms with E-state index in [0.717, 1.165) is 14.2 Å². The van der Waals surface area contributed by atoms with Gasteiger partial charge in [-0.3, -0.25) is 0 Å². The molecule has 0 aromatic rings. The van der Waals surface area contributed by atoms with Crippen LogP contribution in [0.5, 0.6) is 0 Å². The Morgan fingerprint density at radius 2 is 1.36 bits per heavy atom. The minimum absolute atomic E-state index is 0.550. The summed E-state index contributed by atoms with van der Waals surface area (Å²) in [7, 11) is 4.27. The molecule has 0 aliphatic carbocycles. The Bertz CT molecular complexity index is 50.5. The molecule has 0 saturated carbocycles. The number of aliphatic hydroxyl groups excluding tert-OH is 2. The molecule has 0 rings (SSSR count). The zero-order chi connectivity index (χ0) is 9.91. The zero-order valence-electron chi connectivity index (χ0n) is 8.81. The molecule has 0 saturated heterocycles. The SMILES string of the molecule is BC(C)(C)CCC.CO.CO. The van der Waals surface area contributed by atoms with Crippen molar-refractivity contribution < 1.29 is 10.2 Å². The maximum absolute atomic E-state index is 7.00. The first-order chi connectivity index (χ1) is 5.06. The zero-order valence-corrected chi connectivity index (χ0v) is 8.81. The molecule has 3 heteroatoms. The van der Waals surface area contributed by atoms with Gasteiger partial charge in [-0.05, 0) is 0 Å². The van der Waals surface area contributed by atoms with E-state index in [9.17, 15) is 0 Å². The summed E-state index contributed by atoms with van der Waals surface area (Å²) in [6, 6.07) is 0. The van der Waals surface area contributed by atoms with Gasteiger partial charge in [-0.2, -0.15) is 0 Å². The second-order valence-corrected chi connectivity index (χ2v) is 3.31. The van der Waals surface area contributed by atoms with Crippen molar-refractivity contribution in [3.8, 4) is 0 Å². The van der Waals surface area contributed by atoms with E-state index in [1.165, 1.54) is 12.8 Å². The summed E-state index contributed by atoms with van der Waals surface area (Å²) >= 11 is 0. The molecule has 70 valence electrons. The first-order valence-electron chi connectivity index (χ1n) is 3.96. The van der Waals surface area contributed by atoms with Gasteiger partial charge in [0.15, 0.2) is 0 Å². The Morgan fingerprint density at radius 1 is 1.09 bits per heavy atom. The summed E-state index contributed by atoms with van der Waals surface area (Å²) < 4.78 is 0. The lowest BCUT2D eigenvalue weighted by molar-refractivity contribution is 0.399. The first kappa shape index (κ1) is 17.2. The summed E-state index contributed by atoms with van der Waals surface area (Å²) in [6.45, 7) is 6.78.